The van der Waals surface area contributed by atoms with E-state index in [0.717, 1.165) is 6.07 Å². The predicted molar refractivity (Wildman–Crippen MR) is 92.0 cm³/mol. The van der Waals surface area contributed by atoms with Crippen LogP contribution in [0.15, 0.2) is 36.4 Å². The molecule has 0 heterocycles. The van der Waals surface area contributed by atoms with Crippen molar-refractivity contribution >= 4 is 40.6 Å². The maximum absolute atomic E-state index is 13.0. The van der Waals surface area contributed by atoms with Crippen molar-refractivity contribution in [1.82, 2.24) is 0 Å². The number of hydrogen-bond acceptors (Lipinski definition) is 3. The SMILES string of the molecule is CC(=O)c1cc(Cl)ccc1OCC(=O)Nc1ccc(Cl)cc1C(F)(F)F. The van der Waals surface area contributed by atoms with Gasteiger partial charge in [0.2, 0.25) is 0 Å². The Bertz CT molecular complexity index is 854. The molecule has 4 nitrogen and oxygen atoms in total. The van der Waals surface area contributed by atoms with Crippen LogP contribution >= 0.6 is 23.2 Å². The van der Waals surface area contributed by atoms with Gasteiger partial charge in [0.25, 0.3) is 5.91 Å². The van der Waals surface area contributed by atoms with Crippen LogP contribution in [0.4, 0.5) is 18.9 Å². The summed E-state index contributed by atoms with van der Waals surface area (Å²) in [6.07, 6.45) is -4.69. The molecule has 0 unspecified atom stereocenters. The van der Waals surface area contributed by atoms with Crippen molar-refractivity contribution in [2.45, 2.75) is 13.1 Å². The van der Waals surface area contributed by atoms with Gasteiger partial charge in [-0.1, -0.05) is 23.2 Å². The summed E-state index contributed by atoms with van der Waals surface area (Å²) in [6.45, 7) is 0.698. The molecule has 0 aliphatic heterocycles. The van der Waals surface area contributed by atoms with E-state index in [1.807, 2.05) is 0 Å². The van der Waals surface area contributed by atoms with Crippen LogP contribution in [0.3, 0.4) is 0 Å². The highest BCUT2D eigenvalue weighted by atomic mass is 35.5. The van der Waals surface area contributed by atoms with E-state index in [1.165, 1.54) is 31.2 Å². The number of ketones is 1. The van der Waals surface area contributed by atoms with Gasteiger partial charge in [0, 0.05) is 10.0 Å². The molecular formula is C17H12Cl2F3NO3. The molecule has 0 atom stereocenters. The van der Waals surface area contributed by atoms with E-state index in [2.05, 4.69) is 5.32 Å². The first-order chi connectivity index (χ1) is 12.1. The lowest BCUT2D eigenvalue weighted by Gasteiger charge is -2.15. The number of alkyl halides is 3. The van der Waals surface area contributed by atoms with Gasteiger partial charge in [-0.15, -0.1) is 0 Å². The second kappa shape index (κ2) is 7.97. The van der Waals surface area contributed by atoms with Crippen molar-refractivity contribution in [2.75, 3.05) is 11.9 Å². The zero-order valence-corrected chi connectivity index (χ0v) is 14.8. The Labute approximate surface area is 156 Å². The summed E-state index contributed by atoms with van der Waals surface area (Å²) in [5, 5.41) is 2.32. The van der Waals surface area contributed by atoms with Crippen molar-refractivity contribution in [1.29, 1.82) is 0 Å². The number of anilines is 1. The van der Waals surface area contributed by atoms with Gasteiger partial charge in [-0.25, -0.2) is 0 Å². The number of nitrogens with one attached hydrogen (secondary N) is 1. The van der Waals surface area contributed by atoms with Gasteiger partial charge < -0.3 is 10.1 Å². The average Bonchev–Trinajstić information content (AvgIpc) is 2.54. The zero-order chi connectivity index (χ0) is 19.5. The van der Waals surface area contributed by atoms with Crippen LogP contribution in [-0.2, 0) is 11.0 Å². The number of carbonyl (C=O) groups excluding carboxylic acids is 2. The van der Waals surface area contributed by atoms with E-state index >= 15 is 0 Å². The second-order valence-electron chi connectivity index (χ2n) is 5.22. The normalized spacial score (nSPS) is 11.2. The van der Waals surface area contributed by atoms with Crippen molar-refractivity contribution in [3.8, 4) is 5.75 Å². The van der Waals surface area contributed by atoms with Crippen LogP contribution < -0.4 is 10.1 Å². The minimum atomic E-state index is -4.69. The Hall–Kier alpha value is -2.25. The number of amides is 1. The lowest BCUT2D eigenvalue weighted by Crippen LogP contribution is -2.22. The third-order valence-electron chi connectivity index (χ3n) is 3.24. The average molecular weight is 406 g/mol. The highest BCUT2D eigenvalue weighted by molar-refractivity contribution is 6.31. The van der Waals surface area contributed by atoms with Crippen LogP contribution in [0.1, 0.15) is 22.8 Å². The van der Waals surface area contributed by atoms with Crippen LogP contribution in [-0.4, -0.2) is 18.3 Å². The fourth-order valence-corrected chi connectivity index (χ4v) is 2.44. The molecule has 1 N–H and O–H groups in total. The van der Waals surface area contributed by atoms with Crippen molar-refractivity contribution in [3.63, 3.8) is 0 Å². The van der Waals surface area contributed by atoms with Crippen LogP contribution in [0.5, 0.6) is 5.75 Å². The van der Waals surface area contributed by atoms with E-state index in [9.17, 15) is 22.8 Å². The largest absolute Gasteiger partial charge is 0.483 e. The number of carbonyl (C=O) groups is 2. The molecule has 26 heavy (non-hydrogen) atoms. The minimum absolute atomic E-state index is 0.101. The van der Waals surface area contributed by atoms with Gasteiger partial charge in [-0.2, -0.15) is 13.2 Å². The topological polar surface area (TPSA) is 55.4 Å². The van der Waals surface area contributed by atoms with Crippen LogP contribution in [0.2, 0.25) is 10.0 Å². The number of halogens is 5. The molecule has 0 saturated heterocycles. The molecule has 2 rings (SSSR count). The number of hydrogen-bond donors (Lipinski definition) is 1. The minimum Gasteiger partial charge on any atom is -0.483 e. The molecular weight excluding hydrogens is 394 g/mol. The standard InChI is InChI=1S/C17H12Cl2F3NO3/c1-9(24)12-6-10(18)3-5-15(12)26-8-16(25)23-14-4-2-11(19)7-13(14)17(20,21)22/h2-7H,8H2,1H3,(H,23,25). The zero-order valence-electron chi connectivity index (χ0n) is 13.3. The molecule has 2 aromatic carbocycles. The van der Waals surface area contributed by atoms with Gasteiger partial charge in [0.1, 0.15) is 5.75 Å². The molecule has 9 heteroatoms. The summed E-state index contributed by atoms with van der Waals surface area (Å²) in [5.74, 6) is -1.06. The smallest absolute Gasteiger partial charge is 0.418 e. The molecule has 0 saturated carbocycles. The molecule has 0 spiro atoms. The fourth-order valence-electron chi connectivity index (χ4n) is 2.09. The van der Waals surface area contributed by atoms with Gasteiger partial charge in [0.15, 0.2) is 12.4 Å². The highest BCUT2D eigenvalue weighted by Crippen LogP contribution is 2.36. The quantitative estimate of drug-likeness (QED) is 0.692. The lowest BCUT2D eigenvalue weighted by atomic mass is 10.1. The Kier molecular flexibility index (Phi) is 6.15. The summed E-state index contributed by atoms with van der Waals surface area (Å²) in [7, 11) is 0. The van der Waals surface area contributed by atoms with E-state index in [4.69, 9.17) is 27.9 Å². The summed E-state index contributed by atoms with van der Waals surface area (Å²) in [4.78, 5) is 23.5. The summed E-state index contributed by atoms with van der Waals surface area (Å²) >= 11 is 11.4. The Morgan fingerprint density at radius 1 is 1.08 bits per heavy atom. The van der Waals surface area contributed by atoms with Gasteiger partial charge in [0.05, 0.1) is 16.8 Å². The molecule has 0 aliphatic carbocycles. The predicted octanol–water partition coefficient (Wildman–Crippen LogP) is 5.23. The number of ether oxygens (including phenoxy) is 1. The van der Waals surface area contributed by atoms with E-state index < -0.39 is 29.9 Å². The van der Waals surface area contributed by atoms with E-state index in [1.54, 1.807) is 0 Å². The monoisotopic (exact) mass is 405 g/mol. The molecule has 2 aromatic rings. The Morgan fingerprint density at radius 2 is 1.69 bits per heavy atom. The first kappa shape index (κ1) is 20.1. The first-order valence-corrected chi connectivity index (χ1v) is 7.93. The number of benzene rings is 2. The third-order valence-corrected chi connectivity index (χ3v) is 3.71. The third kappa shape index (κ3) is 5.12. The Morgan fingerprint density at radius 3 is 2.31 bits per heavy atom. The van der Waals surface area contributed by atoms with Crippen LogP contribution in [0, 0.1) is 0 Å². The molecule has 0 aromatic heterocycles. The second-order valence-corrected chi connectivity index (χ2v) is 6.09. The Balaban J connectivity index is 2.13. The highest BCUT2D eigenvalue weighted by Gasteiger charge is 2.34. The summed E-state index contributed by atoms with van der Waals surface area (Å²) < 4.78 is 44.3. The van der Waals surface area contributed by atoms with Gasteiger partial charge in [-0.05, 0) is 43.3 Å². The van der Waals surface area contributed by atoms with Gasteiger partial charge in [-0.3, -0.25) is 9.59 Å². The summed E-state index contributed by atoms with van der Waals surface area (Å²) in [5.41, 5.74) is -1.36. The number of rotatable bonds is 5. The molecule has 0 fully saturated rings. The molecule has 1 amide bonds. The molecule has 0 aliphatic rings. The van der Waals surface area contributed by atoms with Crippen molar-refractivity contribution in [2.24, 2.45) is 0 Å². The molecule has 138 valence electrons. The van der Waals surface area contributed by atoms with Crippen molar-refractivity contribution < 1.29 is 27.5 Å². The van der Waals surface area contributed by atoms with E-state index in [0.29, 0.717) is 11.1 Å². The van der Waals surface area contributed by atoms with Crippen LogP contribution in [0.25, 0.3) is 0 Å². The van der Waals surface area contributed by atoms with E-state index in [-0.39, 0.29) is 22.1 Å². The lowest BCUT2D eigenvalue weighted by molar-refractivity contribution is -0.137. The fraction of sp³-hybridized carbons (Fsp3) is 0.176. The van der Waals surface area contributed by atoms with Crippen molar-refractivity contribution in [3.05, 3.63) is 57.6 Å². The maximum atomic E-state index is 13.0. The van der Waals surface area contributed by atoms with Gasteiger partial charge >= 0.3 is 6.18 Å². The molecule has 0 bridgehead atoms. The maximum Gasteiger partial charge on any atom is 0.418 e. The molecule has 0 radical (unpaired) electrons. The summed E-state index contributed by atoms with van der Waals surface area (Å²) in [6, 6.07) is 7.22. The number of Topliss-reactive ketones (excluding diaryl/α,β-unsaturated/α-hetero) is 1. The first-order valence-electron chi connectivity index (χ1n) is 7.18.